The fourth-order valence-electron chi connectivity index (χ4n) is 1.58. The van der Waals surface area contributed by atoms with Crippen molar-refractivity contribution in [1.82, 2.24) is 10.3 Å². The van der Waals surface area contributed by atoms with Gasteiger partial charge in [0, 0.05) is 20.1 Å². The normalized spacial score (nSPS) is 14.2. The standard InChI is InChI=1S/C12H18N4O/c1-13-10-5-11(7-14-6-10)16(2)8-12(17)15-9-3-4-9/h5-7,9,13H,3-4,8H2,1-2H3,(H,15,17). The molecule has 2 N–H and O–H groups in total. The molecule has 0 spiro atoms. The highest BCUT2D eigenvalue weighted by Gasteiger charge is 2.23. The molecular formula is C12H18N4O. The lowest BCUT2D eigenvalue weighted by molar-refractivity contribution is -0.119. The van der Waals surface area contributed by atoms with Crippen molar-refractivity contribution >= 4 is 17.3 Å². The highest BCUT2D eigenvalue weighted by molar-refractivity contribution is 5.81. The van der Waals surface area contributed by atoms with E-state index in [2.05, 4.69) is 15.6 Å². The molecule has 1 aromatic heterocycles. The maximum Gasteiger partial charge on any atom is 0.239 e. The van der Waals surface area contributed by atoms with E-state index in [1.54, 1.807) is 12.4 Å². The van der Waals surface area contributed by atoms with E-state index in [-0.39, 0.29) is 5.91 Å². The highest BCUT2D eigenvalue weighted by Crippen LogP contribution is 2.19. The fraction of sp³-hybridized carbons (Fsp3) is 0.500. The number of nitrogens with zero attached hydrogens (tertiary/aromatic N) is 2. The third-order valence-corrected chi connectivity index (χ3v) is 2.78. The van der Waals surface area contributed by atoms with Crippen LogP contribution in [-0.4, -0.2) is 37.6 Å². The van der Waals surface area contributed by atoms with Crippen LogP contribution in [0.5, 0.6) is 0 Å². The van der Waals surface area contributed by atoms with E-state index < -0.39 is 0 Å². The van der Waals surface area contributed by atoms with Crippen LogP contribution in [0.2, 0.25) is 0 Å². The van der Waals surface area contributed by atoms with Gasteiger partial charge in [-0.15, -0.1) is 0 Å². The summed E-state index contributed by atoms with van der Waals surface area (Å²) in [5.74, 6) is 0.0739. The van der Waals surface area contributed by atoms with Gasteiger partial charge in [0.05, 0.1) is 30.3 Å². The van der Waals surface area contributed by atoms with E-state index in [1.807, 2.05) is 25.1 Å². The molecule has 5 nitrogen and oxygen atoms in total. The molecule has 1 saturated carbocycles. The summed E-state index contributed by atoms with van der Waals surface area (Å²) in [6.45, 7) is 0.366. The molecule has 2 rings (SSSR count). The minimum Gasteiger partial charge on any atom is -0.387 e. The second kappa shape index (κ2) is 5.03. The third-order valence-electron chi connectivity index (χ3n) is 2.78. The Balaban J connectivity index is 1.92. The van der Waals surface area contributed by atoms with Crippen molar-refractivity contribution < 1.29 is 4.79 Å². The molecule has 0 radical (unpaired) electrons. The van der Waals surface area contributed by atoms with Crippen molar-refractivity contribution in [2.24, 2.45) is 0 Å². The second-order valence-corrected chi connectivity index (χ2v) is 4.38. The van der Waals surface area contributed by atoms with Gasteiger partial charge in [-0.2, -0.15) is 0 Å². The zero-order valence-electron chi connectivity index (χ0n) is 10.2. The topological polar surface area (TPSA) is 57.3 Å². The van der Waals surface area contributed by atoms with E-state index in [0.717, 1.165) is 24.2 Å². The Labute approximate surface area is 101 Å². The Morgan fingerprint density at radius 3 is 2.94 bits per heavy atom. The number of hydrogen-bond donors (Lipinski definition) is 2. The van der Waals surface area contributed by atoms with Crippen LogP contribution >= 0.6 is 0 Å². The van der Waals surface area contributed by atoms with Crippen LogP contribution in [0.1, 0.15) is 12.8 Å². The average Bonchev–Trinajstić information content (AvgIpc) is 3.12. The number of hydrogen-bond acceptors (Lipinski definition) is 4. The Morgan fingerprint density at radius 2 is 2.29 bits per heavy atom. The first-order valence-corrected chi connectivity index (χ1v) is 5.82. The van der Waals surface area contributed by atoms with Crippen LogP contribution in [0.3, 0.4) is 0 Å². The SMILES string of the molecule is CNc1cncc(N(C)CC(=O)NC2CC2)c1. The molecule has 1 amide bonds. The minimum atomic E-state index is 0.0739. The predicted octanol–water partition coefficient (Wildman–Crippen LogP) is 0.838. The summed E-state index contributed by atoms with van der Waals surface area (Å²) in [6, 6.07) is 2.38. The molecule has 0 bridgehead atoms. The Hall–Kier alpha value is -1.78. The number of rotatable bonds is 5. The summed E-state index contributed by atoms with van der Waals surface area (Å²) in [7, 11) is 3.74. The molecule has 1 fully saturated rings. The van der Waals surface area contributed by atoms with Gasteiger partial charge in [-0.25, -0.2) is 0 Å². The maximum atomic E-state index is 11.6. The number of amides is 1. The molecule has 0 aliphatic heterocycles. The number of pyridine rings is 1. The molecule has 0 unspecified atom stereocenters. The van der Waals surface area contributed by atoms with Gasteiger partial charge >= 0.3 is 0 Å². The lowest BCUT2D eigenvalue weighted by Gasteiger charge is -2.18. The van der Waals surface area contributed by atoms with Crippen molar-refractivity contribution in [3.8, 4) is 0 Å². The van der Waals surface area contributed by atoms with Crippen LogP contribution in [0.4, 0.5) is 11.4 Å². The van der Waals surface area contributed by atoms with Crippen molar-refractivity contribution in [3.05, 3.63) is 18.5 Å². The van der Waals surface area contributed by atoms with Crippen molar-refractivity contribution in [1.29, 1.82) is 0 Å². The third kappa shape index (κ3) is 3.34. The molecule has 0 aromatic carbocycles. The number of anilines is 2. The van der Waals surface area contributed by atoms with E-state index in [9.17, 15) is 4.79 Å². The molecule has 1 heterocycles. The summed E-state index contributed by atoms with van der Waals surface area (Å²) in [5.41, 5.74) is 1.87. The van der Waals surface area contributed by atoms with Crippen LogP contribution < -0.4 is 15.5 Å². The van der Waals surface area contributed by atoms with Crippen LogP contribution in [0.15, 0.2) is 18.5 Å². The van der Waals surface area contributed by atoms with Gasteiger partial charge in [0.25, 0.3) is 0 Å². The summed E-state index contributed by atoms with van der Waals surface area (Å²) in [5, 5.41) is 5.99. The summed E-state index contributed by atoms with van der Waals surface area (Å²) >= 11 is 0. The van der Waals surface area contributed by atoms with Crippen LogP contribution in [0, 0.1) is 0 Å². The number of likely N-dealkylation sites (N-methyl/N-ethyl adjacent to an activating group) is 1. The average molecular weight is 234 g/mol. The van der Waals surface area contributed by atoms with Crippen molar-refractivity contribution in [3.63, 3.8) is 0 Å². The van der Waals surface area contributed by atoms with Gasteiger partial charge in [-0.3, -0.25) is 9.78 Å². The molecule has 0 atom stereocenters. The zero-order valence-corrected chi connectivity index (χ0v) is 10.2. The lowest BCUT2D eigenvalue weighted by Crippen LogP contribution is -2.36. The van der Waals surface area contributed by atoms with Crippen LogP contribution in [0.25, 0.3) is 0 Å². The lowest BCUT2D eigenvalue weighted by atomic mass is 10.3. The zero-order chi connectivity index (χ0) is 12.3. The Kier molecular flexibility index (Phi) is 3.46. The molecule has 0 saturated heterocycles. The van der Waals surface area contributed by atoms with Crippen LogP contribution in [-0.2, 0) is 4.79 Å². The molecule has 17 heavy (non-hydrogen) atoms. The molecule has 1 aromatic rings. The highest BCUT2D eigenvalue weighted by atomic mass is 16.2. The monoisotopic (exact) mass is 234 g/mol. The molecule has 1 aliphatic rings. The van der Waals surface area contributed by atoms with Gasteiger partial charge < -0.3 is 15.5 Å². The molecular weight excluding hydrogens is 216 g/mol. The largest absolute Gasteiger partial charge is 0.387 e. The minimum absolute atomic E-state index is 0.0739. The number of aromatic nitrogens is 1. The number of carbonyl (C=O) groups excluding carboxylic acids is 1. The molecule has 5 heteroatoms. The van der Waals surface area contributed by atoms with Gasteiger partial charge in [-0.05, 0) is 18.9 Å². The van der Waals surface area contributed by atoms with Gasteiger partial charge in [0.15, 0.2) is 0 Å². The maximum absolute atomic E-state index is 11.6. The van der Waals surface area contributed by atoms with E-state index in [0.29, 0.717) is 12.6 Å². The first kappa shape index (κ1) is 11.7. The summed E-state index contributed by atoms with van der Waals surface area (Å²) in [4.78, 5) is 17.7. The molecule has 1 aliphatic carbocycles. The van der Waals surface area contributed by atoms with E-state index in [1.165, 1.54) is 0 Å². The number of nitrogens with one attached hydrogen (secondary N) is 2. The van der Waals surface area contributed by atoms with Gasteiger partial charge in [0.1, 0.15) is 0 Å². The predicted molar refractivity (Wildman–Crippen MR) is 68.2 cm³/mol. The Bertz CT molecular complexity index is 403. The summed E-state index contributed by atoms with van der Waals surface area (Å²) in [6.07, 6.45) is 5.74. The van der Waals surface area contributed by atoms with E-state index >= 15 is 0 Å². The van der Waals surface area contributed by atoms with E-state index in [4.69, 9.17) is 0 Å². The van der Waals surface area contributed by atoms with Crippen molar-refractivity contribution in [2.75, 3.05) is 30.9 Å². The van der Waals surface area contributed by atoms with Gasteiger partial charge in [-0.1, -0.05) is 0 Å². The summed E-state index contributed by atoms with van der Waals surface area (Å²) < 4.78 is 0. The second-order valence-electron chi connectivity index (χ2n) is 4.38. The smallest absolute Gasteiger partial charge is 0.239 e. The van der Waals surface area contributed by atoms with Gasteiger partial charge in [0.2, 0.25) is 5.91 Å². The first-order valence-electron chi connectivity index (χ1n) is 5.82. The quantitative estimate of drug-likeness (QED) is 0.792. The fourth-order valence-corrected chi connectivity index (χ4v) is 1.58. The first-order chi connectivity index (χ1) is 8.19. The number of carbonyl (C=O) groups is 1. The van der Waals surface area contributed by atoms with Crippen molar-refractivity contribution in [2.45, 2.75) is 18.9 Å². The molecule has 92 valence electrons. The Morgan fingerprint density at radius 1 is 1.53 bits per heavy atom.